The molecular weight excluding hydrogens is 1020 g/mol. The van der Waals surface area contributed by atoms with Gasteiger partial charge in [0, 0.05) is 64.2 Å². The molecule has 5 aliphatic carbocycles. The number of aliphatic carboxylic acids is 1. The zero-order valence-corrected chi connectivity index (χ0v) is 42.3. The van der Waals surface area contributed by atoms with E-state index in [-0.39, 0.29) is 31.2 Å². The minimum absolute atomic E-state index is 0.0560. The summed E-state index contributed by atoms with van der Waals surface area (Å²) < 4.78 is 145. The van der Waals surface area contributed by atoms with Crippen LogP contribution in [0.5, 0.6) is 0 Å². The van der Waals surface area contributed by atoms with E-state index in [1.165, 1.54) is 0 Å². The first-order chi connectivity index (χ1) is 31.9. The van der Waals surface area contributed by atoms with Crippen molar-refractivity contribution < 1.29 is 107 Å². The number of methoxy groups -OCH3 is 1. The van der Waals surface area contributed by atoms with E-state index in [1.54, 1.807) is 62.3 Å². The molecule has 0 bridgehead atoms. The van der Waals surface area contributed by atoms with Gasteiger partial charge in [-0.2, -0.15) is 0 Å². The van der Waals surface area contributed by atoms with Crippen LogP contribution >= 0.6 is 12.2 Å². The van der Waals surface area contributed by atoms with Gasteiger partial charge < -0.3 is 72.1 Å². The first-order valence-electron chi connectivity index (χ1n) is 21.8. The van der Waals surface area contributed by atoms with E-state index < -0.39 is 162 Å². The summed E-state index contributed by atoms with van der Waals surface area (Å²) in [7, 11) is 1.08. The van der Waals surface area contributed by atoms with Crippen molar-refractivity contribution in [3.63, 3.8) is 0 Å². The van der Waals surface area contributed by atoms with Crippen molar-refractivity contribution in [3.05, 3.63) is 0 Å². The third-order valence-electron chi connectivity index (χ3n) is 10.4. The van der Waals surface area contributed by atoms with Crippen LogP contribution in [-0.2, 0) is 28.5 Å². The van der Waals surface area contributed by atoms with Crippen molar-refractivity contribution >= 4 is 47.5 Å². The van der Waals surface area contributed by atoms with Gasteiger partial charge in [-0.1, -0.05) is 0 Å². The lowest BCUT2D eigenvalue weighted by Gasteiger charge is -2.46. The van der Waals surface area contributed by atoms with Gasteiger partial charge in [-0.05, 0) is 74.5 Å². The van der Waals surface area contributed by atoms with E-state index in [2.05, 4.69) is 32.9 Å². The fraction of sp³-hybridized carbons (Fsp3) is 0.857. The quantitative estimate of drug-likeness (QED) is 0.0601. The normalized spacial score (nSPS) is 22.8. The van der Waals surface area contributed by atoms with Crippen molar-refractivity contribution in [2.24, 2.45) is 11.5 Å². The SMILES string of the molecule is CC(C)(C)OC(=O)NC1(C(=O)O)CC(F)(F)C1.CC(C)(C)OC(=O)NC1(CO)CC(F)(F)C1.COC(=O)C1(NC(=O)OC(C)(C)C)CC(F)(F)C1.NC(=S)NC1(CO)CC(F)(F)C1.NC1(CO)CC(F)(F)C1. The lowest BCUT2D eigenvalue weighted by Crippen LogP contribution is -2.67. The molecule has 3 amide bonds. The number of alkyl carbamates (subject to hydrolysis) is 3. The lowest BCUT2D eigenvalue weighted by atomic mass is 9.73. The Morgan fingerprint density at radius 1 is 0.500 bits per heavy atom. The average Bonchev–Trinajstić information content (AvgIpc) is 3.08. The van der Waals surface area contributed by atoms with Crippen LogP contribution in [0.2, 0.25) is 0 Å². The van der Waals surface area contributed by atoms with Crippen LogP contribution in [0.4, 0.5) is 58.3 Å². The first kappa shape index (κ1) is 65.6. The molecule has 0 aromatic rings. The number of carboxylic acid groups (broad SMARTS) is 1. The lowest BCUT2D eigenvalue weighted by molar-refractivity contribution is -0.179. The number of carbonyl (C=O) groups is 5. The number of nitrogens with two attached hydrogens (primary N) is 2. The van der Waals surface area contributed by atoms with E-state index >= 15 is 0 Å². The van der Waals surface area contributed by atoms with Crippen LogP contribution < -0.4 is 32.7 Å². The number of nitrogens with one attached hydrogen (secondary N) is 4. The summed E-state index contributed by atoms with van der Waals surface area (Å²) in [5, 5.41) is 44.0. The molecule has 0 unspecified atom stereocenters. The van der Waals surface area contributed by atoms with Crippen LogP contribution in [0.25, 0.3) is 0 Å². The molecule has 12 N–H and O–H groups in total. The molecule has 5 rings (SSSR count). The maximum atomic E-state index is 12.9. The van der Waals surface area contributed by atoms with Crippen molar-refractivity contribution in [3.8, 4) is 0 Å². The summed E-state index contributed by atoms with van der Waals surface area (Å²) in [6, 6.07) is 0. The molecular formula is C42H68F10N6O13S. The van der Waals surface area contributed by atoms with Gasteiger partial charge in [0.05, 0.1) is 43.5 Å². The number of carbonyl (C=O) groups excluding carboxylic acids is 4. The first-order valence-corrected chi connectivity index (χ1v) is 22.2. The molecule has 0 spiro atoms. The predicted molar refractivity (Wildman–Crippen MR) is 238 cm³/mol. The molecule has 0 radical (unpaired) electrons. The Morgan fingerprint density at radius 3 is 1.00 bits per heavy atom. The third kappa shape index (κ3) is 21.2. The van der Waals surface area contributed by atoms with Gasteiger partial charge in [-0.15, -0.1) is 0 Å². The molecule has 0 atom stereocenters. The summed E-state index contributed by atoms with van der Waals surface area (Å²) in [5.41, 5.74) is 1.29. The number of esters is 1. The molecule has 0 heterocycles. The Balaban J connectivity index is 0.000000458. The van der Waals surface area contributed by atoms with Crippen molar-refractivity contribution in [2.75, 3.05) is 26.9 Å². The van der Waals surface area contributed by atoms with Crippen molar-refractivity contribution in [1.82, 2.24) is 21.3 Å². The molecule has 19 nitrogen and oxygen atoms in total. The van der Waals surface area contributed by atoms with Crippen LogP contribution in [0.1, 0.15) is 127 Å². The average molecular weight is 1090 g/mol. The number of rotatable bonds is 9. The number of thiocarbonyl (C=S) groups is 1. The highest BCUT2D eigenvalue weighted by atomic mass is 32.1. The second-order valence-corrected chi connectivity index (χ2v) is 22.2. The smallest absolute Gasteiger partial charge is 0.408 e. The number of carboxylic acids is 1. The molecule has 0 aromatic heterocycles. The minimum Gasteiger partial charge on any atom is -0.479 e. The number of aliphatic hydroxyl groups excluding tert-OH is 3. The topological polar surface area (TPSA) is 303 Å². The second kappa shape index (κ2) is 22.6. The number of hydrogen-bond acceptors (Lipinski definition) is 14. The second-order valence-electron chi connectivity index (χ2n) is 21.8. The molecule has 420 valence electrons. The Kier molecular flexibility index (Phi) is 20.6. The van der Waals surface area contributed by atoms with Gasteiger partial charge in [0.2, 0.25) is 0 Å². The Labute approximate surface area is 414 Å². The molecule has 5 aliphatic rings. The van der Waals surface area contributed by atoms with E-state index in [9.17, 15) is 67.9 Å². The number of alkyl halides is 10. The van der Waals surface area contributed by atoms with Gasteiger partial charge in [0.1, 0.15) is 16.8 Å². The molecule has 0 saturated heterocycles. The summed E-state index contributed by atoms with van der Waals surface area (Å²) in [6.07, 6.45) is -8.72. The standard InChI is InChI=1S/C11H17F2NO4.C10H15F2NO4.C10H17F2NO3.C6H10F2N2OS.C5H9F2NO/c1-9(2,3)18-8(16)14-10(7(15)17-4)5-11(12,13)6-10;1-8(2,3)17-7(16)13-9(6(14)15)4-10(11,12)5-9;1-8(2,3)16-7(15)13-9(6-14)4-10(11,12)5-9;7-6(8)1-5(2-6,3-11)10-4(9)12;6-5(7)1-4(8,2-5)3-9/h5-6H2,1-4H3,(H,14,16);4-5H2,1-3H3,(H,13,16)(H,14,15);14H,4-6H2,1-3H3,(H,13,15);11H,1-3H2,(H3,9,10,12);9H,1-3,8H2. The zero-order valence-electron chi connectivity index (χ0n) is 41.5. The fourth-order valence-electron chi connectivity index (χ4n) is 7.66. The Morgan fingerprint density at radius 2 is 0.778 bits per heavy atom. The van der Waals surface area contributed by atoms with Gasteiger partial charge in [0.25, 0.3) is 29.6 Å². The molecule has 30 heteroatoms. The highest BCUT2D eigenvalue weighted by Gasteiger charge is 2.64. The molecule has 72 heavy (non-hydrogen) atoms. The number of ether oxygens (including phenoxy) is 4. The van der Waals surface area contributed by atoms with E-state index in [0.29, 0.717) is 0 Å². The van der Waals surface area contributed by atoms with Crippen molar-refractivity contribution in [2.45, 2.75) is 201 Å². The summed E-state index contributed by atoms with van der Waals surface area (Å²) >= 11 is 4.50. The van der Waals surface area contributed by atoms with Gasteiger partial charge in [0.15, 0.2) is 16.2 Å². The highest BCUT2D eigenvalue weighted by Crippen LogP contribution is 2.49. The van der Waals surface area contributed by atoms with E-state index in [1.807, 2.05) is 5.32 Å². The number of halogens is 10. The number of amides is 3. The number of aliphatic hydroxyl groups is 3. The molecule has 0 aromatic carbocycles. The fourth-order valence-corrected chi connectivity index (χ4v) is 7.88. The number of hydrogen-bond donors (Lipinski definition) is 10. The third-order valence-corrected chi connectivity index (χ3v) is 10.5. The Hall–Kier alpha value is -4.42. The van der Waals surface area contributed by atoms with E-state index in [4.69, 9.17) is 46.1 Å². The van der Waals surface area contributed by atoms with Crippen LogP contribution in [-0.4, -0.2) is 157 Å². The van der Waals surface area contributed by atoms with Crippen molar-refractivity contribution in [1.29, 1.82) is 0 Å². The highest BCUT2D eigenvalue weighted by molar-refractivity contribution is 7.80. The van der Waals surface area contributed by atoms with Crippen LogP contribution in [0, 0.1) is 0 Å². The maximum absolute atomic E-state index is 12.9. The minimum atomic E-state index is -3.05. The van der Waals surface area contributed by atoms with Crippen LogP contribution in [0.15, 0.2) is 0 Å². The van der Waals surface area contributed by atoms with Crippen LogP contribution in [0.3, 0.4) is 0 Å². The molecule has 5 fully saturated rings. The van der Waals surface area contributed by atoms with Gasteiger partial charge >= 0.3 is 30.2 Å². The maximum Gasteiger partial charge on any atom is 0.408 e. The molecule has 0 aliphatic heterocycles. The monoisotopic (exact) mass is 1090 g/mol. The summed E-state index contributed by atoms with van der Waals surface area (Å²) in [6.45, 7) is 13.5. The summed E-state index contributed by atoms with van der Waals surface area (Å²) in [5.74, 6) is -16.5. The summed E-state index contributed by atoms with van der Waals surface area (Å²) in [4.78, 5) is 56.6. The Bertz CT molecular complexity index is 1910. The predicted octanol–water partition coefficient (Wildman–Crippen LogP) is 5.37. The zero-order chi connectivity index (χ0) is 56.8. The van der Waals surface area contributed by atoms with Gasteiger partial charge in [-0.25, -0.2) is 67.9 Å². The molecule has 5 saturated carbocycles. The van der Waals surface area contributed by atoms with E-state index in [0.717, 1.165) is 7.11 Å². The van der Waals surface area contributed by atoms with Gasteiger partial charge in [-0.3, -0.25) is 0 Å². The largest absolute Gasteiger partial charge is 0.479 e.